The minimum absolute atomic E-state index is 0.275. The molecule has 1 aromatic carbocycles. The van der Waals surface area contributed by atoms with Gasteiger partial charge in [0, 0.05) is 15.3 Å². The van der Waals surface area contributed by atoms with Gasteiger partial charge in [0.15, 0.2) is 11.5 Å². The van der Waals surface area contributed by atoms with Crippen LogP contribution in [0.5, 0.6) is 17.2 Å². The van der Waals surface area contributed by atoms with Crippen LogP contribution in [-0.4, -0.2) is 21.3 Å². The summed E-state index contributed by atoms with van der Waals surface area (Å²) in [5.41, 5.74) is 0.869. The Hall–Kier alpha value is -1.39. The SMILES string of the molecule is COc1ccc(C(Cl)c2ccc(C)s2)c(OC)c1OC. The first kappa shape index (κ1) is 15.0. The van der Waals surface area contributed by atoms with Gasteiger partial charge in [0.2, 0.25) is 5.75 Å². The molecule has 0 N–H and O–H groups in total. The molecule has 1 aromatic heterocycles. The lowest BCUT2D eigenvalue weighted by Crippen LogP contribution is -2.00. The van der Waals surface area contributed by atoms with Crippen LogP contribution in [0.2, 0.25) is 0 Å². The van der Waals surface area contributed by atoms with Gasteiger partial charge in [-0.15, -0.1) is 22.9 Å². The van der Waals surface area contributed by atoms with Gasteiger partial charge in [-0.2, -0.15) is 0 Å². The number of rotatable bonds is 5. The smallest absolute Gasteiger partial charge is 0.203 e. The van der Waals surface area contributed by atoms with Crippen molar-refractivity contribution < 1.29 is 14.2 Å². The van der Waals surface area contributed by atoms with Gasteiger partial charge in [-0.25, -0.2) is 0 Å². The molecular formula is C15H17ClO3S. The highest BCUT2D eigenvalue weighted by Gasteiger charge is 2.22. The van der Waals surface area contributed by atoms with E-state index in [-0.39, 0.29) is 5.38 Å². The van der Waals surface area contributed by atoms with Gasteiger partial charge in [-0.1, -0.05) is 0 Å². The predicted octanol–water partition coefficient (Wildman–Crippen LogP) is 4.41. The van der Waals surface area contributed by atoms with Gasteiger partial charge >= 0.3 is 0 Å². The van der Waals surface area contributed by atoms with Crippen molar-refractivity contribution in [2.45, 2.75) is 12.3 Å². The zero-order valence-electron chi connectivity index (χ0n) is 11.9. The molecule has 0 aliphatic carbocycles. The van der Waals surface area contributed by atoms with E-state index in [9.17, 15) is 0 Å². The van der Waals surface area contributed by atoms with Crippen LogP contribution in [0.25, 0.3) is 0 Å². The number of alkyl halides is 1. The fourth-order valence-electron chi connectivity index (χ4n) is 2.07. The highest BCUT2D eigenvalue weighted by atomic mass is 35.5. The van der Waals surface area contributed by atoms with Gasteiger partial charge in [0.05, 0.1) is 26.7 Å². The van der Waals surface area contributed by atoms with Crippen LogP contribution in [0.3, 0.4) is 0 Å². The van der Waals surface area contributed by atoms with Crippen molar-refractivity contribution in [3.63, 3.8) is 0 Å². The minimum atomic E-state index is -0.275. The Morgan fingerprint density at radius 1 is 0.950 bits per heavy atom. The minimum Gasteiger partial charge on any atom is -0.493 e. The second kappa shape index (κ2) is 6.37. The van der Waals surface area contributed by atoms with Crippen molar-refractivity contribution in [3.05, 3.63) is 39.6 Å². The summed E-state index contributed by atoms with van der Waals surface area (Å²) in [4.78, 5) is 2.31. The maximum absolute atomic E-state index is 6.59. The van der Waals surface area contributed by atoms with E-state index >= 15 is 0 Å². The molecule has 5 heteroatoms. The van der Waals surface area contributed by atoms with Crippen LogP contribution in [0.1, 0.15) is 20.7 Å². The van der Waals surface area contributed by atoms with Crippen molar-refractivity contribution in [1.82, 2.24) is 0 Å². The van der Waals surface area contributed by atoms with E-state index in [1.165, 1.54) is 4.88 Å². The molecule has 1 heterocycles. The second-order valence-electron chi connectivity index (χ2n) is 4.23. The Labute approximate surface area is 128 Å². The lowest BCUT2D eigenvalue weighted by atomic mass is 10.1. The lowest BCUT2D eigenvalue weighted by Gasteiger charge is -2.18. The number of hydrogen-bond donors (Lipinski definition) is 0. The Bertz CT molecular complexity index is 595. The number of halogens is 1. The molecule has 0 bridgehead atoms. The van der Waals surface area contributed by atoms with Crippen LogP contribution in [0.15, 0.2) is 24.3 Å². The average Bonchev–Trinajstić information content (AvgIpc) is 2.91. The maximum Gasteiger partial charge on any atom is 0.203 e. The standard InChI is InChI=1S/C15H17ClO3S/c1-9-5-8-12(20-9)13(16)10-6-7-11(17-2)15(19-4)14(10)18-3/h5-8,13H,1-4H3. The largest absolute Gasteiger partial charge is 0.493 e. The van der Waals surface area contributed by atoms with E-state index in [1.807, 2.05) is 18.2 Å². The molecule has 0 aliphatic rings. The molecule has 108 valence electrons. The first-order valence-corrected chi connectivity index (χ1v) is 7.37. The molecule has 0 saturated carbocycles. The van der Waals surface area contributed by atoms with Gasteiger partial charge < -0.3 is 14.2 Å². The van der Waals surface area contributed by atoms with E-state index in [4.69, 9.17) is 25.8 Å². The number of thiophene rings is 1. The first-order valence-electron chi connectivity index (χ1n) is 6.11. The molecule has 2 rings (SSSR count). The zero-order valence-corrected chi connectivity index (χ0v) is 13.5. The molecule has 2 aromatic rings. The summed E-state index contributed by atoms with van der Waals surface area (Å²) in [6.07, 6.45) is 0. The van der Waals surface area contributed by atoms with Crippen LogP contribution in [0, 0.1) is 6.92 Å². The van der Waals surface area contributed by atoms with Gasteiger partial charge in [-0.3, -0.25) is 0 Å². The summed E-state index contributed by atoms with van der Waals surface area (Å²) in [6, 6.07) is 7.84. The van der Waals surface area contributed by atoms with Crippen LogP contribution in [-0.2, 0) is 0 Å². The van der Waals surface area contributed by atoms with Crippen LogP contribution >= 0.6 is 22.9 Å². The summed E-state index contributed by atoms with van der Waals surface area (Å²) in [5, 5.41) is -0.275. The fraction of sp³-hybridized carbons (Fsp3) is 0.333. The van der Waals surface area contributed by atoms with E-state index in [0.29, 0.717) is 17.2 Å². The van der Waals surface area contributed by atoms with Crippen LogP contribution < -0.4 is 14.2 Å². The number of benzene rings is 1. The van der Waals surface area contributed by atoms with E-state index in [2.05, 4.69) is 13.0 Å². The lowest BCUT2D eigenvalue weighted by molar-refractivity contribution is 0.322. The third kappa shape index (κ3) is 2.72. The number of hydrogen-bond acceptors (Lipinski definition) is 4. The monoisotopic (exact) mass is 312 g/mol. The van der Waals surface area contributed by atoms with E-state index in [1.54, 1.807) is 32.7 Å². The Kier molecular flexibility index (Phi) is 4.78. The quantitative estimate of drug-likeness (QED) is 0.765. The maximum atomic E-state index is 6.59. The zero-order chi connectivity index (χ0) is 14.7. The van der Waals surface area contributed by atoms with Gasteiger partial charge in [-0.05, 0) is 31.2 Å². The number of ether oxygens (including phenoxy) is 3. The third-order valence-corrected chi connectivity index (χ3v) is 4.68. The molecule has 0 spiro atoms. The molecule has 3 nitrogen and oxygen atoms in total. The molecule has 1 unspecified atom stereocenters. The number of methoxy groups -OCH3 is 3. The third-order valence-electron chi connectivity index (χ3n) is 3.02. The van der Waals surface area contributed by atoms with Crippen molar-refractivity contribution in [2.24, 2.45) is 0 Å². The van der Waals surface area contributed by atoms with E-state index < -0.39 is 0 Å². The van der Waals surface area contributed by atoms with E-state index in [0.717, 1.165) is 10.4 Å². The topological polar surface area (TPSA) is 27.7 Å². The van der Waals surface area contributed by atoms with Crippen molar-refractivity contribution >= 4 is 22.9 Å². The molecule has 0 fully saturated rings. The Balaban J connectivity index is 2.51. The van der Waals surface area contributed by atoms with Crippen molar-refractivity contribution in [2.75, 3.05) is 21.3 Å². The average molecular weight is 313 g/mol. The highest BCUT2D eigenvalue weighted by Crippen LogP contribution is 2.46. The fourth-order valence-corrected chi connectivity index (χ4v) is 3.32. The summed E-state index contributed by atoms with van der Waals surface area (Å²) >= 11 is 8.26. The first-order chi connectivity index (χ1) is 9.62. The summed E-state index contributed by atoms with van der Waals surface area (Å²) in [7, 11) is 4.78. The predicted molar refractivity (Wildman–Crippen MR) is 82.9 cm³/mol. The Morgan fingerprint density at radius 3 is 2.15 bits per heavy atom. The highest BCUT2D eigenvalue weighted by molar-refractivity contribution is 7.12. The molecule has 1 atom stereocenters. The molecule has 0 radical (unpaired) electrons. The summed E-state index contributed by atoms with van der Waals surface area (Å²) in [5.74, 6) is 1.80. The van der Waals surface area contributed by atoms with Gasteiger partial charge in [0.1, 0.15) is 0 Å². The number of aryl methyl sites for hydroxylation is 1. The molecule has 20 heavy (non-hydrogen) atoms. The summed E-state index contributed by atoms with van der Waals surface area (Å²) < 4.78 is 16.1. The Morgan fingerprint density at radius 2 is 1.65 bits per heavy atom. The van der Waals surface area contributed by atoms with Gasteiger partial charge in [0.25, 0.3) is 0 Å². The molecule has 0 amide bonds. The summed E-state index contributed by atoms with van der Waals surface area (Å²) in [6.45, 7) is 2.06. The van der Waals surface area contributed by atoms with Crippen molar-refractivity contribution in [1.29, 1.82) is 0 Å². The molecule has 0 aliphatic heterocycles. The van der Waals surface area contributed by atoms with Crippen LogP contribution in [0.4, 0.5) is 0 Å². The molecular weight excluding hydrogens is 296 g/mol. The normalized spacial score (nSPS) is 12.1. The molecule has 0 saturated heterocycles. The second-order valence-corrected chi connectivity index (χ2v) is 5.99. The van der Waals surface area contributed by atoms with Crippen molar-refractivity contribution in [3.8, 4) is 17.2 Å².